The van der Waals surface area contributed by atoms with Gasteiger partial charge in [0.1, 0.15) is 0 Å². The summed E-state index contributed by atoms with van der Waals surface area (Å²) >= 11 is 0. The van der Waals surface area contributed by atoms with E-state index >= 15 is 0 Å². The topological polar surface area (TPSA) is 52.0 Å². The van der Waals surface area contributed by atoms with Crippen LogP contribution < -0.4 is 5.32 Å². The van der Waals surface area contributed by atoms with Crippen molar-refractivity contribution in [2.45, 2.75) is 57.1 Å². The summed E-state index contributed by atoms with van der Waals surface area (Å²) in [6, 6.07) is 0.167. The minimum atomic E-state index is -0.123. The van der Waals surface area contributed by atoms with Gasteiger partial charge in [-0.15, -0.1) is 5.10 Å². The van der Waals surface area contributed by atoms with Gasteiger partial charge in [0.25, 0.3) is 0 Å². The van der Waals surface area contributed by atoms with Crippen molar-refractivity contribution in [1.29, 1.82) is 0 Å². The SMILES string of the molecule is CCNC(c1cnnn1C)C1(OC)CCCCCC1. The Bertz CT molecular complexity index is 383. The van der Waals surface area contributed by atoms with Crippen molar-refractivity contribution >= 4 is 0 Å². The van der Waals surface area contributed by atoms with E-state index in [1.165, 1.54) is 25.7 Å². The van der Waals surface area contributed by atoms with E-state index in [1.54, 1.807) is 0 Å². The van der Waals surface area contributed by atoms with Crippen LogP contribution in [0, 0.1) is 0 Å². The predicted octanol–water partition coefficient (Wildman–Crippen LogP) is 2.21. The van der Waals surface area contributed by atoms with Crippen molar-refractivity contribution in [3.8, 4) is 0 Å². The molecule has 1 aromatic heterocycles. The Balaban J connectivity index is 2.31. The molecule has 5 nitrogen and oxygen atoms in total. The number of aryl methyl sites for hydroxylation is 1. The number of nitrogens with one attached hydrogen (secondary N) is 1. The molecule has 19 heavy (non-hydrogen) atoms. The molecule has 1 aliphatic carbocycles. The first kappa shape index (κ1) is 14.5. The molecule has 1 atom stereocenters. The van der Waals surface area contributed by atoms with Crippen LogP contribution >= 0.6 is 0 Å². The van der Waals surface area contributed by atoms with E-state index in [0.29, 0.717) is 0 Å². The van der Waals surface area contributed by atoms with Gasteiger partial charge >= 0.3 is 0 Å². The predicted molar refractivity (Wildman–Crippen MR) is 74.9 cm³/mol. The van der Waals surface area contributed by atoms with E-state index in [9.17, 15) is 0 Å². The van der Waals surface area contributed by atoms with Crippen molar-refractivity contribution in [3.63, 3.8) is 0 Å². The summed E-state index contributed by atoms with van der Waals surface area (Å²) in [5.41, 5.74) is 0.993. The van der Waals surface area contributed by atoms with Crippen LogP contribution in [0.15, 0.2) is 6.20 Å². The molecule has 1 unspecified atom stereocenters. The quantitative estimate of drug-likeness (QED) is 0.830. The molecule has 1 heterocycles. The van der Waals surface area contributed by atoms with E-state index in [1.807, 2.05) is 25.0 Å². The third-order valence-electron chi connectivity index (χ3n) is 4.34. The van der Waals surface area contributed by atoms with E-state index in [2.05, 4.69) is 22.6 Å². The molecule has 1 saturated carbocycles. The summed E-state index contributed by atoms with van der Waals surface area (Å²) in [5, 5.41) is 11.7. The molecule has 1 fully saturated rings. The zero-order valence-electron chi connectivity index (χ0n) is 12.4. The van der Waals surface area contributed by atoms with Crippen molar-refractivity contribution in [2.75, 3.05) is 13.7 Å². The number of hydrogen-bond acceptors (Lipinski definition) is 4. The Morgan fingerprint density at radius 2 is 2.05 bits per heavy atom. The zero-order chi connectivity index (χ0) is 13.7. The molecular formula is C14H26N4O. The minimum Gasteiger partial charge on any atom is -0.376 e. The van der Waals surface area contributed by atoms with Gasteiger partial charge in [0.2, 0.25) is 0 Å². The summed E-state index contributed by atoms with van der Waals surface area (Å²) in [4.78, 5) is 0. The van der Waals surface area contributed by atoms with E-state index in [4.69, 9.17) is 4.74 Å². The molecule has 1 aromatic rings. The standard InChI is InChI=1S/C14H26N4O/c1-4-15-13(12-11-16-17-18(12)2)14(19-3)9-7-5-6-8-10-14/h11,13,15H,4-10H2,1-3H3. The normalized spacial score (nSPS) is 21.0. The lowest BCUT2D eigenvalue weighted by molar-refractivity contribution is -0.0555. The number of nitrogens with zero attached hydrogens (tertiary/aromatic N) is 3. The third-order valence-corrected chi connectivity index (χ3v) is 4.34. The Hall–Kier alpha value is -0.940. The Labute approximate surface area is 115 Å². The van der Waals surface area contributed by atoms with Gasteiger partial charge in [0.05, 0.1) is 23.5 Å². The Morgan fingerprint density at radius 1 is 1.37 bits per heavy atom. The summed E-state index contributed by atoms with van der Waals surface area (Å²) in [6.45, 7) is 3.05. The molecule has 0 amide bonds. The van der Waals surface area contributed by atoms with Crippen LogP contribution in [0.4, 0.5) is 0 Å². The number of methoxy groups -OCH3 is 1. The average molecular weight is 266 g/mol. The van der Waals surface area contributed by atoms with Crippen LogP contribution in [0.1, 0.15) is 57.2 Å². The Kier molecular flexibility index (Phi) is 4.93. The number of rotatable bonds is 5. The van der Waals surface area contributed by atoms with Crippen LogP contribution in [-0.4, -0.2) is 34.2 Å². The lowest BCUT2D eigenvalue weighted by Crippen LogP contribution is -2.46. The minimum absolute atomic E-state index is 0.123. The molecule has 2 rings (SSSR count). The van der Waals surface area contributed by atoms with Crippen molar-refractivity contribution < 1.29 is 4.74 Å². The fraction of sp³-hybridized carbons (Fsp3) is 0.857. The maximum Gasteiger partial charge on any atom is 0.0888 e. The van der Waals surface area contributed by atoms with Gasteiger partial charge in [-0.2, -0.15) is 0 Å². The van der Waals surface area contributed by atoms with Crippen molar-refractivity contribution in [1.82, 2.24) is 20.3 Å². The highest BCUT2D eigenvalue weighted by molar-refractivity contribution is 5.11. The van der Waals surface area contributed by atoms with Crippen LogP contribution in [0.3, 0.4) is 0 Å². The van der Waals surface area contributed by atoms with Crippen LogP contribution in [0.25, 0.3) is 0 Å². The van der Waals surface area contributed by atoms with Crippen LogP contribution in [0.5, 0.6) is 0 Å². The molecular weight excluding hydrogens is 240 g/mol. The van der Waals surface area contributed by atoms with Gasteiger partial charge in [-0.25, -0.2) is 0 Å². The van der Waals surface area contributed by atoms with Crippen LogP contribution in [0.2, 0.25) is 0 Å². The summed E-state index contributed by atoms with van der Waals surface area (Å²) in [5.74, 6) is 0. The second-order valence-electron chi connectivity index (χ2n) is 5.46. The first-order valence-electron chi connectivity index (χ1n) is 7.36. The second kappa shape index (κ2) is 6.48. The smallest absolute Gasteiger partial charge is 0.0888 e. The second-order valence-corrected chi connectivity index (χ2v) is 5.46. The fourth-order valence-corrected chi connectivity index (χ4v) is 3.26. The highest BCUT2D eigenvalue weighted by Gasteiger charge is 2.41. The summed E-state index contributed by atoms with van der Waals surface area (Å²) in [6.07, 6.45) is 9.17. The van der Waals surface area contributed by atoms with Crippen molar-refractivity contribution in [3.05, 3.63) is 11.9 Å². The molecule has 0 bridgehead atoms. The zero-order valence-corrected chi connectivity index (χ0v) is 12.4. The number of hydrogen-bond donors (Lipinski definition) is 1. The van der Waals surface area contributed by atoms with E-state index in [0.717, 1.165) is 25.1 Å². The molecule has 0 saturated heterocycles. The van der Waals surface area contributed by atoms with Gasteiger partial charge in [0, 0.05) is 14.2 Å². The number of likely N-dealkylation sites (N-methyl/N-ethyl adjacent to an activating group) is 1. The molecule has 1 N–H and O–H groups in total. The van der Waals surface area contributed by atoms with Gasteiger partial charge in [-0.1, -0.05) is 37.8 Å². The third kappa shape index (κ3) is 2.98. The van der Waals surface area contributed by atoms with E-state index in [-0.39, 0.29) is 11.6 Å². The number of ether oxygens (including phenoxy) is 1. The number of aromatic nitrogens is 3. The molecule has 0 aliphatic heterocycles. The molecule has 1 aliphatic rings. The summed E-state index contributed by atoms with van der Waals surface area (Å²) in [7, 11) is 3.80. The molecule has 0 aromatic carbocycles. The lowest BCUT2D eigenvalue weighted by Gasteiger charge is -2.39. The molecule has 108 valence electrons. The maximum absolute atomic E-state index is 6.02. The highest BCUT2D eigenvalue weighted by Crippen LogP contribution is 2.39. The first-order chi connectivity index (χ1) is 9.23. The van der Waals surface area contributed by atoms with Gasteiger partial charge in [-0.05, 0) is 19.4 Å². The van der Waals surface area contributed by atoms with Gasteiger partial charge in [0.15, 0.2) is 0 Å². The average Bonchev–Trinajstić information content (AvgIpc) is 2.70. The highest BCUT2D eigenvalue weighted by atomic mass is 16.5. The molecule has 5 heteroatoms. The van der Waals surface area contributed by atoms with Crippen LogP contribution in [-0.2, 0) is 11.8 Å². The fourth-order valence-electron chi connectivity index (χ4n) is 3.26. The molecule has 0 radical (unpaired) electrons. The largest absolute Gasteiger partial charge is 0.376 e. The Morgan fingerprint density at radius 3 is 2.53 bits per heavy atom. The lowest BCUT2D eigenvalue weighted by atomic mass is 9.84. The van der Waals surface area contributed by atoms with Gasteiger partial charge < -0.3 is 10.1 Å². The monoisotopic (exact) mass is 266 g/mol. The summed E-state index contributed by atoms with van der Waals surface area (Å²) < 4.78 is 7.88. The van der Waals surface area contributed by atoms with Crippen molar-refractivity contribution in [2.24, 2.45) is 7.05 Å². The molecule has 0 spiro atoms. The van der Waals surface area contributed by atoms with E-state index < -0.39 is 0 Å². The van der Waals surface area contributed by atoms with Gasteiger partial charge in [-0.3, -0.25) is 4.68 Å². The maximum atomic E-state index is 6.02. The first-order valence-corrected chi connectivity index (χ1v) is 7.36.